The summed E-state index contributed by atoms with van der Waals surface area (Å²) >= 11 is 0. The van der Waals surface area contributed by atoms with Gasteiger partial charge in [-0.1, -0.05) is 55.4 Å². The third kappa shape index (κ3) is 4.05. The number of hydrogen-bond donors (Lipinski definition) is 2. The van der Waals surface area contributed by atoms with E-state index < -0.39 is 6.92 Å². The molecular weight excluding hydrogens is 411 g/mol. The van der Waals surface area contributed by atoms with Crippen LogP contribution in [-0.4, -0.2) is 42.4 Å². The SMILES string of the molecule is CB(O)c1cccc(-c2cccc(C(=O)N3CCC4(CC3)COc3ccc(CN)cc34)c2)c1. The van der Waals surface area contributed by atoms with Gasteiger partial charge in [-0.05, 0) is 53.2 Å². The smallest absolute Gasteiger partial charge is 0.320 e. The highest BCUT2D eigenvalue weighted by Gasteiger charge is 2.43. The van der Waals surface area contributed by atoms with Gasteiger partial charge in [0.25, 0.3) is 5.91 Å². The summed E-state index contributed by atoms with van der Waals surface area (Å²) in [4.78, 5) is 15.3. The summed E-state index contributed by atoms with van der Waals surface area (Å²) in [6.45, 7) is 3.83. The van der Waals surface area contributed by atoms with Crippen LogP contribution < -0.4 is 15.9 Å². The molecule has 0 aromatic heterocycles. The van der Waals surface area contributed by atoms with Crippen molar-refractivity contribution in [2.75, 3.05) is 19.7 Å². The van der Waals surface area contributed by atoms with E-state index in [0.29, 0.717) is 31.8 Å². The number of fused-ring (bicyclic) bond motifs is 2. The van der Waals surface area contributed by atoms with Crippen molar-refractivity contribution in [1.29, 1.82) is 0 Å². The van der Waals surface area contributed by atoms with E-state index in [2.05, 4.69) is 6.07 Å². The van der Waals surface area contributed by atoms with E-state index in [9.17, 15) is 9.82 Å². The topological polar surface area (TPSA) is 75.8 Å². The van der Waals surface area contributed by atoms with Crippen LogP contribution in [0.25, 0.3) is 11.1 Å². The average Bonchev–Trinajstić information content (AvgIpc) is 3.21. The molecule has 2 aliphatic rings. The zero-order chi connectivity index (χ0) is 23.0. The van der Waals surface area contributed by atoms with Crippen molar-refractivity contribution in [3.8, 4) is 16.9 Å². The lowest BCUT2D eigenvalue weighted by molar-refractivity contribution is 0.0646. The number of amides is 1. The number of nitrogens with zero attached hydrogens (tertiary/aromatic N) is 1. The van der Waals surface area contributed by atoms with E-state index in [1.807, 2.05) is 65.6 Å². The molecule has 1 fully saturated rings. The van der Waals surface area contributed by atoms with Crippen LogP contribution in [0.1, 0.15) is 34.3 Å². The van der Waals surface area contributed by atoms with Crippen molar-refractivity contribution in [2.45, 2.75) is 31.6 Å². The second-order valence-corrected chi connectivity index (χ2v) is 9.28. The molecule has 168 valence electrons. The Morgan fingerprint density at radius 1 is 1.06 bits per heavy atom. The van der Waals surface area contributed by atoms with E-state index in [0.717, 1.165) is 40.7 Å². The van der Waals surface area contributed by atoms with Crippen molar-refractivity contribution < 1.29 is 14.6 Å². The molecule has 1 saturated heterocycles. The third-order valence-corrected chi connectivity index (χ3v) is 7.17. The number of nitrogens with two attached hydrogens (primary N) is 1. The van der Waals surface area contributed by atoms with Gasteiger partial charge in [0.15, 0.2) is 0 Å². The van der Waals surface area contributed by atoms with E-state index in [-0.39, 0.29) is 11.3 Å². The molecule has 5 nitrogen and oxygen atoms in total. The number of benzene rings is 3. The minimum atomic E-state index is -0.527. The number of hydrogen-bond acceptors (Lipinski definition) is 4. The van der Waals surface area contributed by atoms with E-state index in [1.54, 1.807) is 6.82 Å². The molecule has 0 radical (unpaired) electrons. The van der Waals surface area contributed by atoms with Gasteiger partial charge in [-0.3, -0.25) is 4.79 Å². The maximum absolute atomic E-state index is 13.3. The first kappa shape index (κ1) is 21.7. The fourth-order valence-corrected chi connectivity index (χ4v) is 5.08. The molecule has 3 aromatic rings. The number of rotatable bonds is 4. The molecule has 1 spiro atoms. The largest absolute Gasteiger partial charge is 0.492 e. The molecule has 3 N–H and O–H groups in total. The Kier molecular flexibility index (Phi) is 5.73. The van der Waals surface area contributed by atoms with Crippen molar-refractivity contribution in [1.82, 2.24) is 4.90 Å². The maximum atomic E-state index is 13.3. The van der Waals surface area contributed by atoms with Crippen molar-refractivity contribution in [2.24, 2.45) is 5.73 Å². The first-order valence-corrected chi connectivity index (χ1v) is 11.6. The quantitative estimate of drug-likeness (QED) is 0.611. The van der Waals surface area contributed by atoms with Crippen LogP contribution in [0.2, 0.25) is 6.82 Å². The fourth-order valence-electron chi connectivity index (χ4n) is 5.08. The van der Waals surface area contributed by atoms with Crippen LogP contribution in [0.15, 0.2) is 66.7 Å². The zero-order valence-corrected chi connectivity index (χ0v) is 19.0. The van der Waals surface area contributed by atoms with Gasteiger partial charge in [0.2, 0.25) is 0 Å². The number of carbonyl (C=O) groups is 1. The third-order valence-electron chi connectivity index (χ3n) is 7.17. The summed E-state index contributed by atoms with van der Waals surface area (Å²) in [5.74, 6) is 1.02. The van der Waals surface area contributed by atoms with Crippen LogP contribution in [-0.2, 0) is 12.0 Å². The highest BCUT2D eigenvalue weighted by Crippen LogP contribution is 2.46. The molecule has 2 aliphatic heterocycles. The normalized spacial score (nSPS) is 16.4. The predicted molar refractivity (Wildman–Crippen MR) is 132 cm³/mol. The molecule has 3 aromatic carbocycles. The summed E-state index contributed by atoms with van der Waals surface area (Å²) in [5.41, 5.74) is 11.7. The Bertz CT molecular complexity index is 1190. The first-order chi connectivity index (χ1) is 16.0. The summed E-state index contributed by atoms with van der Waals surface area (Å²) in [7, 11) is 0. The molecule has 6 heteroatoms. The van der Waals surface area contributed by atoms with E-state index >= 15 is 0 Å². The average molecular weight is 440 g/mol. The summed E-state index contributed by atoms with van der Waals surface area (Å²) < 4.78 is 6.00. The first-order valence-electron chi connectivity index (χ1n) is 11.6. The minimum absolute atomic E-state index is 0.0272. The Morgan fingerprint density at radius 2 is 1.79 bits per heavy atom. The Morgan fingerprint density at radius 3 is 2.52 bits per heavy atom. The van der Waals surface area contributed by atoms with Gasteiger partial charge < -0.3 is 20.4 Å². The molecule has 0 bridgehead atoms. The second-order valence-electron chi connectivity index (χ2n) is 9.28. The Balaban J connectivity index is 1.33. The van der Waals surface area contributed by atoms with Crippen LogP contribution >= 0.6 is 0 Å². The summed E-state index contributed by atoms with van der Waals surface area (Å²) in [5, 5.41) is 9.91. The van der Waals surface area contributed by atoms with E-state index in [1.165, 1.54) is 5.56 Å². The monoisotopic (exact) mass is 440 g/mol. The van der Waals surface area contributed by atoms with Crippen LogP contribution in [0.3, 0.4) is 0 Å². The molecule has 5 rings (SSSR count). The van der Waals surface area contributed by atoms with Crippen LogP contribution in [0.5, 0.6) is 5.75 Å². The lowest BCUT2D eigenvalue weighted by atomic mass is 9.64. The van der Waals surface area contributed by atoms with Crippen molar-refractivity contribution in [3.63, 3.8) is 0 Å². The number of carbonyl (C=O) groups excluding carboxylic acids is 1. The lowest BCUT2D eigenvalue weighted by Gasteiger charge is -2.38. The summed E-state index contributed by atoms with van der Waals surface area (Å²) in [6, 6.07) is 21.9. The predicted octanol–water partition coefficient (Wildman–Crippen LogP) is 3.20. The number of ether oxygens (including phenoxy) is 1. The summed E-state index contributed by atoms with van der Waals surface area (Å²) in [6.07, 6.45) is 1.77. The maximum Gasteiger partial charge on any atom is 0.320 e. The zero-order valence-electron chi connectivity index (χ0n) is 19.0. The molecule has 0 unspecified atom stereocenters. The highest BCUT2D eigenvalue weighted by atomic mass is 16.5. The second kappa shape index (κ2) is 8.69. The molecule has 1 amide bonds. The molecular formula is C27H29BN2O3. The van der Waals surface area contributed by atoms with Gasteiger partial charge in [-0.15, -0.1) is 0 Å². The van der Waals surface area contributed by atoms with Gasteiger partial charge in [-0.2, -0.15) is 0 Å². The van der Waals surface area contributed by atoms with Gasteiger partial charge in [0.1, 0.15) is 5.75 Å². The number of piperidine rings is 1. The van der Waals surface area contributed by atoms with Gasteiger partial charge in [0.05, 0.1) is 6.61 Å². The van der Waals surface area contributed by atoms with Gasteiger partial charge >= 0.3 is 6.92 Å². The standard InChI is InChI=1S/C27H29BN2O3/c1-28(32)23-7-3-5-21(16-23)20-4-2-6-22(15-20)26(31)30-12-10-27(11-13-30)18-33-25-9-8-19(17-29)14-24(25)27/h2-9,14-16,32H,10-13,17-18,29H2,1H3. The van der Waals surface area contributed by atoms with Crippen molar-refractivity contribution in [3.05, 3.63) is 83.4 Å². The Hall–Kier alpha value is -3.09. The molecule has 0 aliphatic carbocycles. The van der Waals surface area contributed by atoms with Crippen LogP contribution in [0.4, 0.5) is 0 Å². The van der Waals surface area contributed by atoms with Crippen LogP contribution in [0, 0.1) is 0 Å². The van der Waals surface area contributed by atoms with Gasteiger partial charge in [0, 0.05) is 36.2 Å². The lowest BCUT2D eigenvalue weighted by Crippen LogP contribution is -2.46. The molecule has 33 heavy (non-hydrogen) atoms. The minimum Gasteiger partial charge on any atom is -0.492 e. The number of likely N-dealkylation sites (tertiary alicyclic amines) is 1. The van der Waals surface area contributed by atoms with E-state index in [4.69, 9.17) is 10.5 Å². The Labute approximate surface area is 195 Å². The van der Waals surface area contributed by atoms with Gasteiger partial charge in [-0.25, -0.2) is 0 Å². The highest BCUT2D eigenvalue weighted by molar-refractivity contribution is 6.64. The molecule has 0 atom stereocenters. The molecule has 0 saturated carbocycles. The fraction of sp³-hybridized carbons (Fsp3) is 0.296. The van der Waals surface area contributed by atoms with Crippen molar-refractivity contribution >= 4 is 18.3 Å². The molecule has 2 heterocycles.